The molecule has 4 aliphatic rings. The van der Waals surface area contributed by atoms with E-state index in [4.69, 9.17) is 16.4 Å². The van der Waals surface area contributed by atoms with Gasteiger partial charge in [0.2, 0.25) is 0 Å². The van der Waals surface area contributed by atoms with E-state index in [2.05, 4.69) is 24.1 Å². The molecule has 3 saturated carbocycles. The number of hydrogen-bond donors (Lipinski definition) is 1. The molecule has 0 saturated heterocycles. The Labute approximate surface area is 162 Å². The highest BCUT2D eigenvalue weighted by atomic mass is 16.6. The van der Waals surface area contributed by atoms with Crippen LogP contribution in [0, 0.1) is 41.4 Å². The third kappa shape index (κ3) is 2.57. The van der Waals surface area contributed by atoms with Gasteiger partial charge in [-0.15, -0.1) is 6.42 Å². The molecule has 4 rings (SSSR count). The number of hydrogen-bond acceptors (Lipinski definition) is 4. The van der Waals surface area contributed by atoms with Crippen LogP contribution in [0.1, 0.15) is 71.6 Å². The first-order valence-electron chi connectivity index (χ1n) is 10.6. The van der Waals surface area contributed by atoms with Gasteiger partial charge in [0.1, 0.15) is 0 Å². The first-order chi connectivity index (χ1) is 13.0. The van der Waals surface area contributed by atoms with E-state index >= 15 is 0 Å². The molecule has 0 aliphatic heterocycles. The highest BCUT2D eigenvalue weighted by Crippen LogP contribution is 2.67. The summed E-state index contributed by atoms with van der Waals surface area (Å²) in [7, 11) is 0. The maximum atomic E-state index is 11.9. The molecule has 3 fully saturated rings. The van der Waals surface area contributed by atoms with Gasteiger partial charge in [-0.1, -0.05) is 23.6 Å². The summed E-state index contributed by atoms with van der Waals surface area (Å²) in [6.07, 6.45) is 17.5. The topological polar surface area (TPSA) is 58.9 Å². The van der Waals surface area contributed by atoms with Gasteiger partial charge in [-0.05, 0) is 87.5 Å². The quantitative estimate of drug-likeness (QED) is 0.332. The van der Waals surface area contributed by atoms with E-state index in [0.29, 0.717) is 23.7 Å². The highest BCUT2D eigenvalue weighted by Gasteiger charge is 2.65. The molecule has 6 atom stereocenters. The van der Waals surface area contributed by atoms with Gasteiger partial charge in [-0.25, -0.2) is 0 Å². The lowest BCUT2D eigenvalue weighted by molar-refractivity contribution is -0.170. The van der Waals surface area contributed by atoms with Crippen LogP contribution in [0.2, 0.25) is 0 Å². The lowest BCUT2D eigenvalue weighted by atomic mass is 9.49. The number of esters is 1. The standard InChI is InChI=1S/C23H31NO3/c1-4-22-12-10-19-18-9-7-17(24-26)14-16(18)6-8-20(19)21(22)11-13-23(22,5-2)27-15(3)25/h2,14,18-21,26H,4,6-13H2,1,3H3/b24-17+. The van der Waals surface area contributed by atoms with Crippen LogP contribution in [-0.2, 0) is 9.53 Å². The summed E-state index contributed by atoms with van der Waals surface area (Å²) in [5.74, 6) is 5.25. The number of rotatable bonds is 2. The first-order valence-corrected chi connectivity index (χ1v) is 10.6. The van der Waals surface area contributed by atoms with Gasteiger partial charge in [-0.2, -0.15) is 0 Å². The summed E-state index contributed by atoms with van der Waals surface area (Å²) >= 11 is 0. The summed E-state index contributed by atoms with van der Waals surface area (Å²) in [5.41, 5.74) is 1.53. The predicted octanol–water partition coefficient (Wildman–Crippen LogP) is 4.71. The predicted molar refractivity (Wildman–Crippen MR) is 104 cm³/mol. The van der Waals surface area contributed by atoms with Crippen LogP contribution < -0.4 is 0 Å². The second-order valence-electron chi connectivity index (χ2n) is 9.08. The minimum absolute atomic E-state index is 0.0673. The molecule has 0 aromatic carbocycles. The van der Waals surface area contributed by atoms with Crippen molar-refractivity contribution in [3.8, 4) is 12.3 Å². The number of ether oxygens (including phenoxy) is 1. The van der Waals surface area contributed by atoms with Gasteiger partial charge in [0.25, 0.3) is 0 Å². The Hall–Kier alpha value is -1.76. The maximum absolute atomic E-state index is 11.9. The van der Waals surface area contributed by atoms with E-state index in [9.17, 15) is 4.79 Å². The molecule has 146 valence electrons. The molecule has 4 aliphatic carbocycles. The number of carbonyl (C=O) groups is 1. The van der Waals surface area contributed by atoms with Crippen LogP contribution >= 0.6 is 0 Å². The largest absolute Gasteiger partial charge is 0.445 e. The van der Waals surface area contributed by atoms with Crippen LogP contribution in [0.15, 0.2) is 16.8 Å². The molecule has 27 heavy (non-hydrogen) atoms. The molecule has 0 heterocycles. The number of terminal acetylenes is 1. The third-order valence-electron chi connectivity index (χ3n) is 8.45. The fraction of sp³-hybridized carbons (Fsp3) is 0.739. The normalized spacial score (nSPS) is 44.5. The zero-order valence-corrected chi connectivity index (χ0v) is 16.5. The lowest BCUT2D eigenvalue weighted by Crippen LogP contribution is -2.55. The Morgan fingerprint density at radius 1 is 1.30 bits per heavy atom. The van der Waals surface area contributed by atoms with Crippen molar-refractivity contribution < 1.29 is 14.7 Å². The van der Waals surface area contributed by atoms with Crippen LogP contribution in [0.5, 0.6) is 0 Å². The fourth-order valence-corrected chi connectivity index (χ4v) is 7.45. The Bertz CT molecular complexity index is 732. The second kappa shape index (κ2) is 6.69. The smallest absolute Gasteiger partial charge is 0.304 e. The van der Waals surface area contributed by atoms with E-state index in [0.717, 1.165) is 57.1 Å². The molecule has 0 amide bonds. The Balaban J connectivity index is 1.66. The van der Waals surface area contributed by atoms with Crippen molar-refractivity contribution in [2.24, 2.45) is 34.2 Å². The molecule has 0 bridgehead atoms. The number of fused-ring (bicyclic) bond motifs is 5. The molecule has 0 aromatic heterocycles. The van der Waals surface area contributed by atoms with Crippen molar-refractivity contribution in [1.29, 1.82) is 0 Å². The van der Waals surface area contributed by atoms with Gasteiger partial charge in [0, 0.05) is 12.3 Å². The van der Waals surface area contributed by atoms with Crippen LogP contribution in [0.3, 0.4) is 0 Å². The molecule has 0 spiro atoms. The molecule has 6 unspecified atom stereocenters. The van der Waals surface area contributed by atoms with Gasteiger partial charge < -0.3 is 9.94 Å². The first kappa shape index (κ1) is 18.6. The Morgan fingerprint density at radius 3 is 2.78 bits per heavy atom. The van der Waals surface area contributed by atoms with E-state index < -0.39 is 5.60 Å². The molecule has 4 nitrogen and oxygen atoms in total. The molecule has 4 heteroatoms. The van der Waals surface area contributed by atoms with Crippen molar-refractivity contribution in [1.82, 2.24) is 0 Å². The molecule has 1 N–H and O–H groups in total. The van der Waals surface area contributed by atoms with E-state index in [1.165, 1.54) is 18.9 Å². The minimum Gasteiger partial charge on any atom is -0.445 e. The average molecular weight is 370 g/mol. The van der Waals surface area contributed by atoms with Crippen molar-refractivity contribution in [2.45, 2.75) is 77.2 Å². The molecule has 0 aromatic rings. The van der Waals surface area contributed by atoms with Crippen LogP contribution in [0.4, 0.5) is 0 Å². The van der Waals surface area contributed by atoms with Gasteiger partial charge in [0.05, 0.1) is 5.71 Å². The van der Waals surface area contributed by atoms with Crippen LogP contribution in [0.25, 0.3) is 0 Å². The average Bonchev–Trinajstić information content (AvgIpc) is 3.01. The second-order valence-corrected chi connectivity index (χ2v) is 9.08. The van der Waals surface area contributed by atoms with Gasteiger partial charge in [-0.3, -0.25) is 4.79 Å². The molecular formula is C23H31NO3. The number of oxime groups is 1. The van der Waals surface area contributed by atoms with Crippen LogP contribution in [-0.4, -0.2) is 22.5 Å². The van der Waals surface area contributed by atoms with E-state index in [1.54, 1.807) is 0 Å². The summed E-state index contributed by atoms with van der Waals surface area (Å²) in [6.45, 7) is 3.72. The third-order valence-corrected chi connectivity index (χ3v) is 8.45. The number of allylic oxidation sites excluding steroid dienone is 2. The number of nitrogens with zero attached hydrogens (tertiary/aromatic N) is 1. The summed E-state index contributed by atoms with van der Waals surface area (Å²) in [6, 6.07) is 0. The van der Waals surface area contributed by atoms with Crippen molar-refractivity contribution >= 4 is 11.7 Å². The van der Waals surface area contributed by atoms with Gasteiger partial charge in [0.15, 0.2) is 5.60 Å². The molecular weight excluding hydrogens is 338 g/mol. The van der Waals surface area contributed by atoms with E-state index in [-0.39, 0.29) is 11.4 Å². The Morgan fingerprint density at radius 2 is 2.11 bits per heavy atom. The Kier molecular flexibility index (Phi) is 4.61. The fourth-order valence-electron chi connectivity index (χ4n) is 7.45. The SMILES string of the molecule is C#CC1(OC(C)=O)CCC2C3CCC4=C/C(=N/O)CCC4C3CCC21CC. The van der Waals surface area contributed by atoms with Crippen molar-refractivity contribution in [2.75, 3.05) is 0 Å². The van der Waals surface area contributed by atoms with Crippen molar-refractivity contribution in [3.05, 3.63) is 11.6 Å². The van der Waals surface area contributed by atoms with Gasteiger partial charge >= 0.3 is 5.97 Å². The monoisotopic (exact) mass is 369 g/mol. The minimum atomic E-state index is -0.720. The number of carbonyl (C=O) groups excluding carboxylic acids is 1. The summed E-state index contributed by atoms with van der Waals surface area (Å²) < 4.78 is 5.90. The van der Waals surface area contributed by atoms with Crippen molar-refractivity contribution in [3.63, 3.8) is 0 Å². The highest BCUT2D eigenvalue weighted by molar-refractivity contribution is 5.96. The zero-order chi connectivity index (χ0) is 19.2. The summed E-state index contributed by atoms with van der Waals surface area (Å²) in [5, 5.41) is 12.6. The zero-order valence-electron chi connectivity index (χ0n) is 16.5. The summed E-state index contributed by atoms with van der Waals surface area (Å²) in [4.78, 5) is 11.9. The molecule has 0 radical (unpaired) electrons. The van der Waals surface area contributed by atoms with E-state index in [1.807, 2.05) is 0 Å². The maximum Gasteiger partial charge on any atom is 0.304 e. The lowest BCUT2D eigenvalue weighted by Gasteiger charge is -2.56.